The molecule has 28 heavy (non-hydrogen) atoms. The molecule has 0 N–H and O–H groups in total. The van der Waals surface area contributed by atoms with Gasteiger partial charge in [-0.1, -0.05) is 16.9 Å². The smallest absolute Gasteiger partial charge is 0.433 e. The zero-order chi connectivity index (χ0) is 20.3. The first-order chi connectivity index (χ1) is 13.2. The molecular formula is C18H17F3N4O2S. The molecule has 148 valence electrons. The van der Waals surface area contributed by atoms with Crippen molar-refractivity contribution in [2.45, 2.75) is 32.1 Å². The van der Waals surface area contributed by atoms with Crippen LogP contribution >= 0.6 is 11.8 Å². The molecule has 0 aliphatic heterocycles. The number of nitrogens with zero attached hydrogens (tertiary/aromatic N) is 4. The van der Waals surface area contributed by atoms with E-state index >= 15 is 0 Å². The monoisotopic (exact) mass is 410 g/mol. The molecule has 3 rings (SSSR count). The van der Waals surface area contributed by atoms with Gasteiger partial charge in [-0.3, -0.25) is 0 Å². The molecular weight excluding hydrogens is 393 g/mol. The van der Waals surface area contributed by atoms with Gasteiger partial charge in [0.05, 0.1) is 6.61 Å². The van der Waals surface area contributed by atoms with Crippen LogP contribution in [-0.2, 0) is 6.18 Å². The lowest BCUT2D eigenvalue weighted by atomic mass is 10.1. The fourth-order valence-electron chi connectivity index (χ4n) is 2.57. The Hall–Kier alpha value is -2.62. The van der Waals surface area contributed by atoms with Crippen LogP contribution in [0.5, 0.6) is 5.75 Å². The molecule has 2 aromatic heterocycles. The van der Waals surface area contributed by atoms with Gasteiger partial charge < -0.3 is 9.26 Å². The maximum absolute atomic E-state index is 12.7. The fraction of sp³-hybridized carbons (Fsp3) is 0.333. The summed E-state index contributed by atoms with van der Waals surface area (Å²) >= 11 is 1.10. The van der Waals surface area contributed by atoms with Gasteiger partial charge in [0, 0.05) is 24.4 Å². The van der Waals surface area contributed by atoms with Crippen molar-refractivity contribution in [3.63, 3.8) is 0 Å². The molecule has 2 heterocycles. The van der Waals surface area contributed by atoms with Gasteiger partial charge >= 0.3 is 6.18 Å². The Kier molecular flexibility index (Phi) is 5.87. The van der Waals surface area contributed by atoms with Crippen molar-refractivity contribution in [3.05, 3.63) is 47.1 Å². The Balaban J connectivity index is 1.61. The van der Waals surface area contributed by atoms with Crippen molar-refractivity contribution < 1.29 is 22.4 Å². The average molecular weight is 410 g/mol. The first kappa shape index (κ1) is 20.1. The zero-order valence-corrected chi connectivity index (χ0v) is 16.2. The fourth-order valence-corrected chi connectivity index (χ4v) is 3.22. The Morgan fingerprint density at radius 3 is 2.43 bits per heavy atom. The van der Waals surface area contributed by atoms with E-state index in [1.54, 1.807) is 6.92 Å². The van der Waals surface area contributed by atoms with Crippen molar-refractivity contribution in [2.24, 2.45) is 0 Å². The average Bonchev–Trinajstić information content (AvgIpc) is 3.06. The number of rotatable bonds is 6. The molecule has 0 atom stereocenters. The largest absolute Gasteiger partial charge is 0.492 e. The molecule has 0 saturated heterocycles. The second-order valence-electron chi connectivity index (χ2n) is 6.00. The zero-order valence-electron chi connectivity index (χ0n) is 15.4. The molecule has 0 unspecified atom stereocenters. The summed E-state index contributed by atoms with van der Waals surface area (Å²) in [4.78, 5) is 11.6. The molecule has 0 fully saturated rings. The Bertz CT molecular complexity index is 952. The lowest BCUT2D eigenvalue weighted by molar-refractivity contribution is -0.141. The summed E-state index contributed by atoms with van der Waals surface area (Å²) in [6.07, 6.45) is -3.38. The minimum atomic E-state index is -4.48. The number of benzene rings is 1. The van der Waals surface area contributed by atoms with Crippen molar-refractivity contribution in [1.82, 2.24) is 20.1 Å². The second-order valence-corrected chi connectivity index (χ2v) is 7.06. The highest BCUT2D eigenvalue weighted by Gasteiger charge is 2.32. The molecule has 0 aliphatic carbocycles. The SMILES string of the molecule is Cc1nc(-c2cc(C)c(OCCSc3nccc(C(F)(F)F)n3)c(C)c2)no1. The van der Waals surface area contributed by atoms with E-state index in [2.05, 4.69) is 20.1 Å². The van der Waals surface area contributed by atoms with Gasteiger partial charge in [-0.05, 0) is 43.2 Å². The predicted octanol–water partition coefficient (Wildman–Crippen LogP) is 4.64. The van der Waals surface area contributed by atoms with Crippen molar-refractivity contribution in [2.75, 3.05) is 12.4 Å². The van der Waals surface area contributed by atoms with Crippen LogP contribution < -0.4 is 4.74 Å². The number of aryl methyl sites for hydroxylation is 3. The third-order valence-electron chi connectivity index (χ3n) is 3.73. The lowest BCUT2D eigenvalue weighted by Crippen LogP contribution is -2.09. The first-order valence-electron chi connectivity index (χ1n) is 8.32. The van der Waals surface area contributed by atoms with Crippen LogP contribution in [0.15, 0.2) is 34.1 Å². The van der Waals surface area contributed by atoms with E-state index in [0.29, 0.717) is 24.1 Å². The van der Waals surface area contributed by atoms with Crippen LogP contribution in [0, 0.1) is 20.8 Å². The minimum absolute atomic E-state index is 0.0645. The van der Waals surface area contributed by atoms with E-state index in [1.807, 2.05) is 26.0 Å². The van der Waals surface area contributed by atoms with Gasteiger partial charge in [-0.25, -0.2) is 9.97 Å². The Morgan fingerprint density at radius 1 is 1.11 bits per heavy atom. The van der Waals surface area contributed by atoms with Gasteiger partial charge in [0.1, 0.15) is 11.4 Å². The minimum Gasteiger partial charge on any atom is -0.492 e. The third kappa shape index (κ3) is 4.80. The summed E-state index contributed by atoms with van der Waals surface area (Å²) < 4.78 is 48.9. The van der Waals surface area contributed by atoms with E-state index in [0.717, 1.165) is 46.5 Å². The summed E-state index contributed by atoms with van der Waals surface area (Å²) in [5.74, 6) is 2.12. The van der Waals surface area contributed by atoms with Gasteiger partial charge in [0.2, 0.25) is 11.7 Å². The third-order valence-corrected chi connectivity index (χ3v) is 4.56. The van der Waals surface area contributed by atoms with Crippen molar-refractivity contribution >= 4 is 11.8 Å². The molecule has 6 nitrogen and oxygen atoms in total. The summed E-state index contributed by atoms with van der Waals surface area (Å²) in [6, 6.07) is 4.64. The van der Waals surface area contributed by atoms with Crippen LogP contribution in [-0.4, -0.2) is 32.5 Å². The highest BCUT2D eigenvalue weighted by atomic mass is 32.2. The van der Waals surface area contributed by atoms with Crippen LogP contribution in [0.3, 0.4) is 0 Å². The molecule has 0 bridgehead atoms. The van der Waals surface area contributed by atoms with Crippen molar-refractivity contribution in [3.8, 4) is 17.1 Å². The normalized spacial score (nSPS) is 11.6. The summed E-state index contributed by atoms with van der Waals surface area (Å²) in [5.41, 5.74) is 1.67. The van der Waals surface area contributed by atoms with Crippen molar-refractivity contribution in [1.29, 1.82) is 0 Å². The molecule has 0 spiro atoms. The number of aromatic nitrogens is 4. The summed E-state index contributed by atoms with van der Waals surface area (Å²) in [5, 5.41) is 3.97. The maximum atomic E-state index is 12.7. The van der Waals surface area contributed by atoms with E-state index in [-0.39, 0.29) is 5.16 Å². The Morgan fingerprint density at radius 2 is 1.82 bits per heavy atom. The second kappa shape index (κ2) is 8.17. The number of alkyl halides is 3. The molecule has 1 aromatic carbocycles. The van der Waals surface area contributed by atoms with Gasteiger partial charge in [-0.15, -0.1) is 0 Å². The lowest BCUT2D eigenvalue weighted by Gasteiger charge is -2.13. The number of hydrogen-bond donors (Lipinski definition) is 0. The van der Waals surface area contributed by atoms with Gasteiger partial charge in [0.15, 0.2) is 5.16 Å². The molecule has 0 aliphatic rings. The standard InChI is InChI=1S/C18H17F3N4O2S/c1-10-8-13(16-23-12(3)27-25-16)9-11(2)15(10)26-6-7-28-17-22-5-4-14(24-17)18(19,20)21/h4-5,8-9H,6-7H2,1-3H3. The van der Waals surface area contributed by atoms with Crippen LogP contribution in [0.1, 0.15) is 22.7 Å². The summed E-state index contributed by atoms with van der Waals surface area (Å²) in [6.45, 7) is 5.83. The quantitative estimate of drug-likeness (QED) is 0.333. The number of thioether (sulfide) groups is 1. The van der Waals surface area contributed by atoms with Gasteiger partial charge in [0.25, 0.3) is 0 Å². The van der Waals surface area contributed by atoms with E-state index in [4.69, 9.17) is 9.26 Å². The van der Waals surface area contributed by atoms with E-state index in [1.165, 1.54) is 0 Å². The molecule has 0 radical (unpaired) electrons. The van der Waals surface area contributed by atoms with Gasteiger partial charge in [-0.2, -0.15) is 18.2 Å². The highest BCUT2D eigenvalue weighted by molar-refractivity contribution is 7.99. The molecule has 0 saturated carbocycles. The maximum Gasteiger partial charge on any atom is 0.433 e. The first-order valence-corrected chi connectivity index (χ1v) is 9.30. The Labute approximate surface area is 163 Å². The molecule has 3 aromatic rings. The molecule has 0 amide bonds. The van der Waals surface area contributed by atoms with Crippen LogP contribution in [0.4, 0.5) is 13.2 Å². The number of hydrogen-bond acceptors (Lipinski definition) is 7. The number of ether oxygens (including phenoxy) is 1. The number of halogens is 3. The van der Waals surface area contributed by atoms with E-state index < -0.39 is 11.9 Å². The topological polar surface area (TPSA) is 73.9 Å². The van der Waals surface area contributed by atoms with Crippen LogP contribution in [0.25, 0.3) is 11.4 Å². The van der Waals surface area contributed by atoms with E-state index in [9.17, 15) is 13.2 Å². The predicted molar refractivity (Wildman–Crippen MR) is 97.2 cm³/mol. The summed E-state index contributed by atoms with van der Waals surface area (Å²) in [7, 11) is 0. The molecule has 10 heteroatoms. The van der Waals surface area contributed by atoms with Crippen LogP contribution in [0.2, 0.25) is 0 Å². The highest BCUT2D eigenvalue weighted by Crippen LogP contribution is 2.30.